The summed E-state index contributed by atoms with van der Waals surface area (Å²) >= 11 is 2.18. The second-order valence-corrected chi connectivity index (χ2v) is 5.85. The molecule has 0 bridgehead atoms. The van der Waals surface area contributed by atoms with Crippen LogP contribution in [0.15, 0.2) is 42.5 Å². The number of nitrogens with one attached hydrogen (secondary N) is 1. The minimum absolute atomic E-state index is 0.0134. The molecule has 0 saturated heterocycles. The maximum atomic E-state index is 11.9. The van der Waals surface area contributed by atoms with Gasteiger partial charge in [0.1, 0.15) is 5.75 Å². The number of aromatic carboxylic acids is 1. The number of hydrogen-bond donors (Lipinski definition) is 1. The summed E-state index contributed by atoms with van der Waals surface area (Å²) in [5.41, 5.74) is 1.20. The van der Waals surface area contributed by atoms with Crippen molar-refractivity contribution in [3.8, 4) is 5.75 Å². The maximum absolute atomic E-state index is 11.9. The first-order valence-corrected chi connectivity index (χ1v) is 7.54. The molecular weight excluding hydrogens is 397 g/mol. The van der Waals surface area contributed by atoms with Gasteiger partial charge in [-0.15, -0.1) is 0 Å². The lowest BCUT2D eigenvalue weighted by Gasteiger charge is -2.12. The van der Waals surface area contributed by atoms with Crippen LogP contribution in [-0.2, 0) is 4.79 Å². The van der Waals surface area contributed by atoms with Crippen LogP contribution in [0, 0.1) is 10.5 Å². The average molecular weight is 410 g/mol. The lowest BCUT2D eigenvalue weighted by molar-refractivity contribution is -0.255. The molecule has 0 aliphatic heterocycles. The zero-order chi connectivity index (χ0) is 16.1. The highest BCUT2D eigenvalue weighted by molar-refractivity contribution is 14.1. The number of aryl methyl sites for hydroxylation is 1. The molecule has 6 heteroatoms. The molecule has 1 N–H and O–H groups in total. The summed E-state index contributed by atoms with van der Waals surface area (Å²) in [6.07, 6.45) is 0. The summed E-state index contributed by atoms with van der Waals surface area (Å²) in [7, 11) is 0. The van der Waals surface area contributed by atoms with E-state index in [1.165, 1.54) is 12.1 Å². The summed E-state index contributed by atoms with van der Waals surface area (Å²) in [6.45, 7) is 1.62. The molecule has 5 nitrogen and oxygen atoms in total. The van der Waals surface area contributed by atoms with Crippen LogP contribution in [0.3, 0.4) is 0 Å². The van der Waals surface area contributed by atoms with Gasteiger partial charge in [0.05, 0.1) is 5.97 Å². The summed E-state index contributed by atoms with van der Waals surface area (Å²) in [4.78, 5) is 22.7. The highest BCUT2D eigenvalue weighted by atomic mass is 127. The molecule has 0 heterocycles. The third-order valence-electron chi connectivity index (χ3n) is 2.93. The molecule has 114 valence electrons. The van der Waals surface area contributed by atoms with Crippen LogP contribution < -0.4 is 15.2 Å². The summed E-state index contributed by atoms with van der Waals surface area (Å²) in [5, 5.41) is 13.5. The van der Waals surface area contributed by atoms with Gasteiger partial charge in [0.15, 0.2) is 6.61 Å². The standard InChI is InChI=1S/C16H14INO4/c1-10-2-3-11(16(20)21)8-14(10)18-15(19)9-22-13-6-4-12(17)5-7-13/h2-8H,9H2,1H3,(H,18,19)(H,20,21)/p-1. The molecule has 1 amide bonds. The van der Waals surface area contributed by atoms with E-state index >= 15 is 0 Å². The van der Waals surface area contributed by atoms with Crippen LogP contribution in [0.1, 0.15) is 15.9 Å². The zero-order valence-electron chi connectivity index (χ0n) is 11.8. The Kier molecular flexibility index (Phi) is 5.37. The highest BCUT2D eigenvalue weighted by Crippen LogP contribution is 2.17. The number of rotatable bonds is 5. The van der Waals surface area contributed by atoms with Crippen molar-refractivity contribution in [3.63, 3.8) is 0 Å². The van der Waals surface area contributed by atoms with E-state index in [9.17, 15) is 14.7 Å². The van der Waals surface area contributed by atoms with E-state index in [1.54, 1.807) is 25.1 Å². The Morgan fingerprint density at radius 3 is 2.50 bits per heavy atom. The number of carbonyl (C=O) groups is 2. The number of carboxylic acids is 1. The minimum atomic E-state index is -1.29. The van der Waals surface area contributed by atoms with Crippen LogP contribution in [0.4, 0.5) is 5.69 Å². The van der Waals surface area contributed by atoms with Gasteiger partial charge < -0.3 is 20.0 Å². The van der Waals surface area contributed by atoms with E-state index in [-0.39, 0.29) is 18.1 Å². The van der Waals surface area contributed by atoms with E-state index < -0.39 is 5.97 Å². The normalized spacial score (nSPS) is 10.1. The van der Waals surface area contributed by atoms with Gasteiger partial charge in [0.25, 0.3) is 5.91 Å². The van der Waals surface area contributed by atoms with E-state index in [0.717, 1.165) is 9.13 Å². The number of halogens is 1. The van der Waals surface area contributed by atoms with Gasteiger partial charge in [0.2, 0.25) is 0 Å². The molecule has 0 fully saturated rings. The van der Waals surface area contributed by atoms with E-state index in [4.69, 9.17) is 4.74 Å². The molecule has 0 saturated carbocycles. The number of carboxylic acid groups (broad SMARTS) is 1. The second-order valence-electron chi connectivity index (χ2n) is 4.61. The summed E-state index contributed by atoms with van der Waals surface area (Å²) in [6, 6.07) is 11.7. The minimum Gasteiger partial charge on any atom is -0.545 e. The van der Waals surface area contributed by atoms with E-state index in [1.807, 2.05) is 12.1 Å². The largest absolute Gasteiger partial charge is 0.545 e. The molecule has 0 aromatic heterocycles. The molecule has 22 heavy (non-hydrogen) atoms. The van der Waals surface area contributed by atoms with Gasteiger partial charge in [-0.3, -0.25) is 4.79 Å². The van der Waals surface area contributed by atoms with Crippen molar-refractivity contribution in [2.45, 2.75) is 6.92 Å². The first kappa shape index (κ1) is 16.3. The second kappa shape index (κ2) is 7.26. The summed E-state index contributed by atoms with van der Waals surface area (Å²) in [5.74, 6) is -1.06. The Hall–Kier alpha value is -2.09. The predicted octanol–water partition coefficient (Wildman–Crippen LogP) is 1.98. The van der Waals surface area contributed by atoms with Crippen molar-refractivity contribution >= 4 is 40.2 Å². The Morgan fingerprint density at radius 1 is 1.18 bits per heavy atom. The van der Waals surface area contributed by atoms with Crippen LogP contribution in [0.5, 0.6) is 5.75 Å². The van der Waals surface area contributed by atoms with Gasteiger partial charge in [-0.1, -0.05) is 12.1 Å². The van der Waals surface area contributed by atoms with Gasteiger partial charge in [-0.05, 0) is 71.0 Å². The number of ether oxygens (including phenoxy) is 1. The van der Waals surface area contributed by atoms with Crippen molar-refractivity contribution in [2.75, 3.05) is 11.9 Å². The van der Waals surface area contributed by atoms with Gasteiger partial charge in [0, 0.05) is 9.26 Å². The summed E-state index contributed by atoms with van der Waals surface area (Å²) < 4.78 is 6.44. The lowest BCUT2D eigenvalue weighted by Crippen LogP contribution is -2.24. The van der Waals surface area contributed by atoms with E-state index in [2.05, 4.69) is 27.9 Å². The quantitative estimate of drug-likeness (QED) is 0.765. The molecule has 0 atom stereocenters. The Morgan fingerprint density at radius 2 is 1.86 bits per heavy atom. The molecule has 0 unspecified atom stereocenters. The third kappa shape index (κ3) is 4.45. The molecular formula is C16H13INO4-. The van der Waals surface area contributed by atoms with Crippen molar-refractivity contribution in [1.82, 2.24) is 0 Å². The molecule has 2 aromatic rings. The van der Waals surface area contributed by atoms with Crippen molar-refractivity contribution in [1.29, 1.82) is 0 Å². The van der Waals surface area contributed by atoms with Crippen LogP contribution in [-0.4, -0.2) is 18.5 Å². The molecule has 0 aliphatic carbocycles. The van der Waals surface area contributed by atoms with Crippen molar-refractivity contribution < 1.29 is 19.4 Å². The molecule has 0 aliphatic rings. The van der Waals surface area contributed by atoms with Crippen LogP contribution >= 0.6 is 22.6 Å². The number of carbonyl (C=O) groups excluding carboxylic acids is 2. The fourth-order valence-electron chi connectivity index (χ4n) is 1.75. The molecule has 0 radical (unpaired) electrons. The first-order valence-electron chi connectivity index (χ1n) is 6.46. The Labute approximate surface area is 141 Å². The number of anilines is 1. The SMILES string of the molecule is Cc1ccc(C(=O)[O-])cc1NC(=O)COc1ccc(I)cc1. The fraction of sp³-hybridized carbons (Fsp3) is 0.125. The predicted molar refractivity (Wildman–Crippen MR) is 88.8 cm³/mol. The number of benzene rings is 2. The van der Waals surface area contributed by atoms with Crippen LogP contribution in [0.25, 0.3) is 0 Å². The average Bonchev–Trinajstić information content (AvgIpc) is 2.48. The molecule has 2 aromatic carbocycles. The van der Waals surface area contributed by atoms with E-state index in [0.29, 0.717) is 11.4 Å². The van der Waals surface area contributed by atoms with Crippen LogP contribution in [0.2, 0.25) is 0 Å². The highest BCUT2D eigenvalue weighted by Gasteiger charge is 2.07. The lowest BCUT2D eigenvalue weighted by atomic mass is 10.1. The van der Waals surface area contributed by atoms with Gasteiger partial charge in [-0.2, -0.15) is 0 Å². The number of hydrogen-bond acceptors (Lipinski definition) is 4. The first-order chi connectivity index (χ1) is 10.5. The molecule has 2 rings (SSSR count). The zero-order valence-corrected chi connectivity index (χ0v) is 13.9. The van der Waals surface area contributed by atoms with Gasteiger partial charge >= 0.3 is 0 Å². The number of amides is 1. The topological polar surface area (TPSA) is 78.5 Å². The Balaban J connectivity index is 1.98. The van der Waals surface area contributed by atoms with Gasteiger partial charge in [-0.25, -0.2) is 0 Å². The maximum Gasteiger partial charge on any atom is 0.262 e. The molecule has 0 spiro atoms. The third-order valence-corrected chi connectivity index (χ3v) is 3.65. The van der Waals surface area contributed by atoms with Crippen molar-refractivity contribution in [2.24, 2.45) is 0 Å². The smallest absolute Gasteiger partial charge is 0.262 e. The fourth-order valence-corrected chi connectivity index (χ4v) is 2.11. The Bertz CT molecular complexity index is 698. The monoisotopic (exact) mass is 410 g/mol. The van der Waals surface area contributed by atoms with Crippen molar-refractivity contribution in [3.05, 3.63) is 57.2 Å².